The molecular weight excluding hydrogens is 256 g/mol. The first-order valence-corrected chi connectivity index (χ1v) is 7.44. The Bertz CT molecular complexity index is 702. The zero-order valence-electron chi connectivity index (χ0n) is 12.3. The Morgan fingerprint density at radius 2 is 1.86 bits per heavy atom. The van der Waals surface area contributed by atoms with Crippen LogP contribution in [-0.2, 0) is 6.42 Å². The molecule has 1 atom stereocenters. The molecule has 0 aliphatic heterocycles. The predicted molar refractivity (Wildman–Crippen MR) is 88.3 cm³/mol. The summed E-state index contributed by atoms with van der Waals surface area (Å²) in [7, 11) is 0. The number of benzene rings is 2. The Hall–Kier alpha value is -2.19. The van der Waals surface area contributed by atoms with Crippen LogP contribution in [0.1, 0.15) is 24.1 Å². The van der Waals surface area contributed by atoms with Crippen molar-refractivity contribution >= 4 is 10.8 Å². The molecule has 1 aromatic heterocycles. The summed E-state index contributed by atoms with van der Waals surface area (Å²) in [5.41, 5.74) is 2.63. The van der Waals surface area contributed by atoms with E-state index in [1.807, 2.05) is 18.5 Å². The largest absolute Gasteiger partial charge is 0.310 e. The molecule has 3 rings (SSSR count). The van der Waals surface area contributed by atoms with Gasteiger partial charge in [0, 0.05) is 18.4 Å². The van der Waals surface area contributed by atoms with Crippen LogP contribution in [0.2, 0.25) is 0 Å². The molecule has 0 aliphatic carbocycles. The number of hydrogen-bond acceptors (Lipinski definition) is 2. The fraction of sp³-hybridized carbons (Fsp3) is 0.211. The average Bonchev–Trinajstić information content (AvgIpc) is 2.55. The lowest BCUT2D eigenvalue weighted by atomic mass is 9.99. The lowest BCUT2D eigenvalue weighted by Crippen LogP contribution is -2.21. The van der Waals surface area contributed by atoms with E-state index in [2.05, 4.69) is 65.8 Å². The molecule has 0 saturated carbocycles. The smallest absolute Gasteiger partial charge is 0.0300 e. The van der Waals surface area contributed by atoms with Crippen molar-refractivity contribution in [1.29, 1.82) is 0 Å². The summed E-state index contributed by atoms with van der Waals surface area (Å²) in [5, 5.41) is 6.25. The van der Waals surface area contributed by atoms with Crippen molar-refractivity contribution < 1.29 is 0 Å². The molecule has 3 aromatic rings. The number of fused-ring (bicyclic) bond motifs is 1. The second-order valence-corrected chi connectivity index (χ2v) is 5.36. The van der Waals surface area contributed by atoms with Crippen LogP contribution < -0.4 is 5.32 Å². The van der Waals surface area contributed by atoms with Gasteiger partial charge in [0.1, 0.15) is 0 Å². The summed E-state index contributed by atoms with van der Waals surface area (Å²) in [6.07, 6.45) is 4.75. The van der Waals surface area contributed by atoms with Gasteiger partial charge < -0.3 is 5.32 Å². The quantitative estimate of drug-likeness (QED) is 0.758. The van der Waals surface area contributed by atoms with Crippen molar-refractivity contribution in [2.45, 2.75) is 19.4 Å². The summed E-state index contributed by atoms with van der Waals surface area (Å²) >= 11 is 0. The number of nitrogens with one attached hydrogen (secondary N) is 1. The monoisotopic (exact) mass is 276 g/mol. The van der Waals surface area contributed by atoms with Gasteiger partial charge in [-0.15, -0.1) is 0 Å². The fourth-order valence-corrected chi connectivity index (χ4v) is 2.72. The number of aromatic nitrogens is 1. The highest BCUT2D eigenvalue weighted by molar-refractivity contribution is 5.86. The third-order valence-corrected chi connectivity index (χ3v) is 3.88. The standard InChI is InChI=1S/C19H20N2/c1-15(21-13-11-16-6-5-12-20-14-16)18-10-4-8-17-7-2-3-9-19(17)18/h2-10,12,14-15,21H,11,13H2,1H3. The van der Waals surface area contributed by atoms with Crippen LogP contribution in [0.15, 0.2) is 67.0 Å². The molecular formula is C19H20N2. The van der Waals surface area contributed by atoms with Gasteiger partial charge in [-0.3, -0.25) is 4.98 Å². The van der Waals surface area contributed by atoms with Gasteiger partial charge in [0.2, 0.25) is 0 Å². The molecule has 106 valence electrons. The zero-order chi connectivity index (χ0) is 14.5. The summed E-state index contributed by atoms with van der Waals surface area (Å²) in [6, 6.07) is 19.5. The van der Waals surface area contributed by atoms with Gasteiger partial charge in [-0.25, -0.2) is 0 Å². The van der Waals surface area contributed by atoms with E-state index in [1.54, 1.807) is 0 Å². The Morgan fingerprint density at radius 1 is 1.00 bits per heavy atom. The van der Waals surface area contributed by atoms with E-state index in [4.69, 9.17) is 0 Å². The van der Waals surface area contributed by atoms with Gasteiger partial charge in [-0.05, 0) is 47.9 Å². The van der Waals surface area contributed by atoms with Crippen molar-refractivity contribution in [3.63, 3.8) is 0 Å². The molecule has 21 heavy (non-hydrogen) atoms. The molecule has 1 heterocycles. The first-order chi connectivity index (χ1) is 10.3. The average molecular weight is 276 g/mol. The van der Waals surface area contributed by atoms with Crippen molar-refractivity contribution in [3.8, 4) is 0 Å². The molecule has 0 spiro atoms. The van der Waals surface area contributed by atoms with Crippen LogP contribution in [0, 0.1) is 0 Å². The molecule has 0 bridgehead atoms. The molecule has 0 amide bonds. The fourth-order valence-electron chi connectivity index (χ4n) is 2.72. The van der Waals surface area contributed by atoms with Crippen molar-refractivity contribution in [2.75, 3.05) is 6.54 Å². The Kier molecular flexibility index (Phi) is 4.27. The second-order valence-electron chi connectivity index (χ2n) is 5.36. The van der Waals surface area contributed by atoms with Gasteiger partial charge in [-0.2, -0.15) is 0 Å². The third-order valence-electron chi connectivity index (χ3n) is 3.88. The Labute approximate surface area is 125 Å². The van der Waals surface area contributed by atoms with Crippen LogP contribution in [0.25, 0.3) is 10.8 Å². The molecule has 1 N–H and O–H groups in total. The molecule has 2 heteroatoms. The minimum absolute atomic E-state index is 0.341. The van der Waals surface area contributed by atoms with Crippen molar-refractivity contribution in [1.82, 2.24) is 10.3 Å². The molecule has 0 saturated heterocycles. The molecule has 2 aromatic carbocycles. The maximum absolute atomic E-state index is 4.15. The van der Waals surface area contributed by atoms with Crippen molar-refractivity contribution in [3.05, 3.63) is 78.1 Å². The molecule has 0 aliphatic rings. The minimum atomic E-state index is 0.341. The van der Waals surface area contributed by atoms with Crippen LogP contribution in [-0.4, -0.2) is 11.5 Å². The topological polar surface area (TPSA) is 24.9 Å². The maximum atomic E-state index is 4.15. The van der Waals surface area contributed by atoms with Gasteiger partial charge in [0.15, 0.2) is 0 Å². The summed E-state index contributed by atoms with van der Waals surface area (Å²) in [4.78, 5) is 4.15. The zero-order valence-corrected chi connectivity index (χ0v) is 12.3. The molecule has 0 fully saturated rings. The Morgan fingerprint density at radius 3 is 2.71 bits per heavy atom. The normalized spacial score (nSPS) is 12.4. The van der Waals surface area contributed by atoms with Crippen molar-refractivity contribution in [2.24, 2.45) is 0 Å². The van der Waals surface area contributed by atoms with Gasteiger partial charge in [0.25, 0.3) is 0 Å². The molecule has 0 radical (unpaired) electrons. The van der Waals surface area contributed by atoms with Crippen LogP contribution in [0.4, 0.5) is 0 Å². The SMILES string of the molecule is CC(NCCc1cccnc1)c1cccc2ccccc12. The summed E-state index contributed by atoms with van der Waals surface area (Å²) in [6.45, 7) is 3.18. The highest BCUT2D eigenvalue weighted by Crippen LogP contribution is 2.23. The van der Waals surface area contributed by atoms with Crippen LogP contribution >= 0.6 is 0 Å². The highest BCUT2D eigenvalue weighted by Gasteiger charge is 2.08. The Balaban J connectivity index is 1.68. The second kappa shape index (κ2) is 6.51. The van der Waals surface area contributed by atoms with Crippen LogP contribution in [0.3, 0.4) is 0 Å². The van der Waals surface area contributed by atoms with E-state index in [9.17, 15) is 0 Å². The van der Waals surface area contributed by atoms with Gasteiger partial charge >= 0.3 is 0 Å². The van der Waals surface area contributed by atoms with Gasteiger partial charge in [0.05, 0.1) is 0 Å². The van der Waals surface area contributed by atoms with E-state index in [0.717, 1.165) is 13.0 Å². The summed E-state index contributed by atoms with van der Waals surface area (Å²) in [5.74, 6) is 0. The molecule has 2 nitrogen and oxygen atoms in total. The molecule has 1 unspecified atom stereocenters. The van der Waals surface area contributed by atoms with E-state index >= 15 is 0 Å². The first kappa shape index (κ1) is 13.8. The highest BCUT2D eigenvalue weighted by atomic mass is 14.9. The third kappa shape index (κ3) is 3.29. The number of nitrogens with zero attached hydrogens (tertiary/aromatic N) is 1. The van der Waals surface area contributed by atoms with Crippen LogP contribution in [0.5, 0.6) is 0 Å². The lowest BCUT2D eigenvalue weighted by molar-refractivity contribution is 0.580. The lowest BCUT2D eigenvalue weighted by Gasteiger charge is -2.16. The maximum Gasteiger partial charge on any atom is 0.0300 e. The first-order valence-electron chi connectivity index (χ1n) is 7.44. The van der Waals surface area contributed by atoms with Gasteiger partial charge in [-0.1, -0.05) is 48.5 Å². The minimum Gasteiger partial charge on any atom is -0.310 e. The van der Waals surface area contributed by atoms with E-state index < -0.39 is 0 Å². The van der Waals surface area contributed by atoms with E-state index in [0.29, 0.717) is 6.04 Å². The number of rotatable bonds is 5. The van der Waals surface area contributed by atoms with E-state index in [1.165, 1.54) is 21.9 Å². The number of pyridine rings is 1. The van der Waals surface area contributed by atoms with E-state index in [-0.39, 0.29) is 0 Å². The number of hydrogen-bond donors (Lipinski definition) is 1. The summed E-state index contributed by atoms with van der Waals surface area (Å²) < 4.78 is 0. The predicted octanol–water partition coefficient (Wildman–Crippen LogP) is 4.13.